The molecule has 2 fully saturated rings. The van der Waals surface area contributed by atoms with E-state index in [0.717, 1.165) is 18.5 Å². The van der Waals surface area contributed by atoms with Crippen molar-refractivity contribution in [2.75, 3.05) is 19.6 Å². The van der Waals surface area contributed by atoms with Crippen molar-refractivity contribution in [3.05, 3.63) is 0 Å². The van der Waals surface area contributed by atoms with Gasteiger partial charge in [0, 0.05) is 6.04 Å². The maximum Gasteiger partial charge on any atom is 0.0136 e. The topological polar surface area (TPSA) is 29.3 Å². The lowest BCUT2D eigenvalue weighted by molar-refractivity contribution is 0.293. The zero-order valence-electron chi connectivity index (χ0n) is 6.42. The smallest absolute Gasteiger partial charge is 0.0136 e. The number of hydrogen-bond donors (Lipinski definition) is 1. The highest BCUT2D eigenvalue weighted by molar-refractivity contribution is 4.91. The molecule has 2 heteroatoms. The van der Waals surface area contributed by atoms with Crippen LogP contribution < -0.4 is 5.73 Å². The van der Waals surface area contributed by atoms with Crippen LogP contribution in [-0.4, -0.2) is 30.6 Å². The molecule has 0 radical (unpaired) electrons. The van der Waals surface area contributed by atoms with Gasteiger partial charge in [0.05, 0.1) is 0 Å². The predicted octanol–water partition coefficient (Wildman–Crippen LogP) is 0.429. The molecule has 0 aromatic carbocycles. The van der Waals surface area contributed by atoms with Crippen LogP contribution in [0.5, 0.6) is 0 Å². The summed E-state index contributed by atoms with van der Waals surface area (Å²) in [5, 5.41) is 0. The van der Waals surface area contributed by atoms with E-state index in [1.807, 2.05) is 0 Å². The van der Waals surface area contributed by atoms with E-state index in [1.54, 1.807) is 0 Å². The van der Waals surface area contributed by atoms with Crippen molar-refractivity contribution in [1.82, 2.24) is 4.90 Å². The Morgan fingerprint density at radius 3 is 3.00 bits per heavy atom. The van der Waals surface area contributed by atoms with Crippen LogP contribution in [0.25, 0.3) is 0 Å². The zero-order valence-corrected chi connectivity index (χ0v) is 6.42. The highest BCUT2D eigenvalue weighted by atomic mass is 15.2. The molecular formula is C8H16N2. The third-order valence-electron chi connectivity index (χ3n) is 3.05. The molecule has 2 heterocycles. The molecule has 2 N–H and O–H groups in total. The Bertz CT molecular complexity index is 124. The van der Waals surface area contributed by atoms with E-state index in [1.165, 1.54) is 32.4 Å². The fraction of sp³-hybridized carbons (Fsp3) is 1.00. The summed E-state index contributed by atoms with van der Waals surface area (Å²) in [7, 11) is 0. The summed E-state index contributed by atoms with van der Waals surface area (Å²) in [5.74, 6) is 0.822. The molecule has 0 amide bonds. The third kappa shape index (κ3) is 0.867. The first-order valence-electron chi connectivity index (χ1n) is 4.36. The van der Waals surface area contributed by atoms with E-state index in [-0.39, 0.29) is 0 Å². The van der Waals surface area contributed by atoms with Crippen LogP contribution in [0.2, 0.25) is 0 Å². The summed E-state index contributed by atoms with van der Waals surface area (Å²) in [6.07, 6.45) is 4.16. The van der Waals surface area contributed by atoms with Crippen molar-refractivity contribution in [2.45, 2.75) is 25.3 Å². The molecule has 2 rings (SSSR count). The van der Waals surface area contributed by atoms with Crippen molar-refractivity contribution >= 4 is 0 Å². The Morgan fingerprint density at radius 1 is 1.30 bits per heavy atom. The molecule has 2 atom stereocenters. The standard InChI is InChI=1S/C8H16N2/c9-6-7-3-5-10-4-1-2-8(7)10/h7-8H,1-6,9H2/t7-,8+/m1/s1. The molecule has 0 aromatic rings. The van der Waals surface area contributed by atoms with Gasteiger partial charge in [-0.05, 0) is 44.8 Å². The molecule has 2 aliphatic heterocycles. The minimum atomic E-state index is 0.822. The fourth-order valence-corrected chi connectivity index (χ4v) is 2.46. The van der Waals surface area contributed by atoms with Crippen LogP contribution >= 0.6 is 0 Å². The van der Waals surface area contributed by atoms with Gasteiger partial charge in [-0.15, -0.1) is 0 Å². The predicted molar refractivity (Wildman–Crippen MR) is 41.8 cm³/mol. The number of fused-ring (bicyclic) bond motifs is 1. The first-order chi connectivity index (χ1) is 4.92. The number of nitrogens with two attached hydrogens (primary N) is 1. The summed E-state index contributed by atoms with van der Waals surface area (Å²) < 4.78 is 0. The van der Waals surface area contributed by atoms with Crippen molar-refractivity contribution < 1.29 is 0 Å². The van der Waals surface area contributed by atoms with Gasteiger partial charge in [-0.2, -0.15) is 0 Å². The van der Waals surface area contributed by atoms with E-state index >= 15 is 0 Å². The quantitative estimate of drug-likeness (QED) is 0.572. The molecular weight excluding hydrogens is 124 g/mol. The Kier molecular flexibility index (Phi) is 1.66. The Hall–Kier alpha value is -0.0800. The molecule has 2 saturated heterocycles. The second-order valence-electron chi connectivity index (χ2n) is 3.53. The number of nitrogens with zero attached hydrogens (tertiary/aromatic N) is 1. The van der Waals surface area contributed by atoms with Gasteiger partial charge < -0.3 is 10.6 Å². The summed E-state index contributed by atoms with van der Waals surface area (Å²) in [6.45, 7) is 3.55. The molecule has 2 nitrogen and oxygen atoms in total. The average Bonchev–Trinajstić information content (AvgIpc) is 2.44. The highest BCUT2D eigenvalue weighted by Gasteiger charge is 2.35. The van der Waals surface area contributed by atoms with Gasteiger partial charge in [-0.25, -0.2) is 0 Å². The lowest BCUT2D eigenvalue weighted by Crippen LogP contribution is -2.29. The molecule has 58 valence electrons. The minimum Gasteiger partial charge on any atom is -0.330 e. The van der Waals surface area contributed by atoms with E-state index in [0.29, 0.717) is 0 Å². The van der Waals surface area contributed by atoms with Gasteiger partial charge in [0.1, 0.15) is 0 Å². The molecule has 10 heavy (non-hydrogen) atoms. The summed E-state index contributed by atoms with van der Waals surface area (Å²) in [4.78, 5) is 2.61. The van der Waals surface area contributed by atoms with Gasteiger partial charge in [-0.3, -0.25) is 0 Å². The van der Waals surface area contributed by atoms with Crippen molar-refractivity contribution in [1.29, 1.82) is 0 Å². The molecule has 0 saturated carbocycles. The van der Waals surface area contributed by atoms with Crippen molar-refractivity contribution in [3.63, 3.8) is 0 Å². The Balaban J connectivity index is 2.01. The van der Waals surface area contributed by atoms with Crippen LogP contribution in [0.1, 0.15) is 19.3 Å². The Labute approximate surface area is 62.4 Å². The second-order valence-corrected chi connectivity index (χ2v) is 3.53. The van der Waals surface area contributed by atoms with Crippen LogP contribution in [0.15, 0.2) is 0 Å². The summed E-state index contributed by atoms with van der Waals surface area (Å²) >= 11 is 0. The van der Waals surface area contributed by atoms with E-state index in [9.17, 15) is 0 Å². The first kappa shape index (κ1) is 6.62. The molecule has 0 aromatic heterocycles. The molecule has 0 unspecified atom stereocenters. The van der Waals surface area contributed by atoms with Crippen LogP contribution in [-0.2, 0) is 0 Å². The second kappa shape index (κ2) is 2.51. The summed E-state index contributed by atoms with van der Waals surface area (Å²) in [5.41, 5.74) is 5.66. The summed E-state index contributed by atoms with van der Waals surface area (Å²) in [6, 6.07) is 0.866. The third-order valence-corrected chi connectivity index (χ3v) is 3.05. The van der Waals surface area contributed by atoms with Crippen LogP contribution in [0.4, 0.5) is 0 Å². The van der Waals surface area contributed by atoms with Gasteiger partial charge in [-0.1, -0.05) is 0 Å². The van der Waals surface area contributed by atoms with Gasteiger partial charge >= 0.3 is 0 Å². The monoisotopic (exact) mass is 140 g/mol. The van der Waals surface area contributed by atoms with Crippen LogP contribution in [0.3, 0.4) is 0 Å². The fourth-order valence-electron chi connectivity index (χ4n) is 2.46. The maximum atomic E-state index is 5.66. The lowest BCUT2D eigenvalue weighted by atomic mass is 9.99. The van der Waals surface area contributed by atoms with E-state index in [4.69, 9.17) is 5.73 Å². The largest absolute Gasteiger partial charge is 0.330 e. The highest BCUT2D eigenvalue weighted by Crippen LogP contribution is 2.31. The SMILES string of the molecule is NC[C@H]1CCN2CCC[C@@H]12. The zero-order chi connectivity index (χ0) is 6.97. The molecule has 0 aliphatic carbocycles. The lowest BCUT2D eigenvalue weighted by Gasteiger charge is -2.18. The normalized spacial score (nSPS) is 40.5. The number of rotatable bonds is 1. The molecule has 0 spiro atoms. The van der Waals surface area contributed by atoms with Crippen molar-refractivity contribution in [3.8, 4) is 0 Å². The van der Waals surface area contributed by atoms with Crippen molar-refractivity contribution in [2.24, 2.45) is 11.7 Å². The van der Waals surface area contributed by atoms with E-state index < -0.39 is 0 Å². The molecule has 2 aliphatic rings. The minimum absolute atomic E-state index is 0.822. The van der Waals surface area contributed by atoms with Crippen LogP contribution in [0, 0.1) is 5.92 Å². The Morgan fingerprint density at radius 2 is 2.20 bits per heavy atom. The molecule has 0 bridgehead atoms. The number of hydrogen-bond acceptors (Lipinski definition) is 2. The van der Waals surface area contributed by atoms with E-state index in [2.05, 4.69) is 4.90 Å². The maximum absolute atomic E-state index is 5.66. The van der Waals surface area contributed by atoms with Gasteiger partial charge in [0.25, 0.3) is 0 Å². The first-order valence-corrected chi connectivity index (χ1v) is 4.36. The average molecular weight is 140 g/mol. The van der Waals surface area contributed by atoms with Gasteiger partial charge in [0.15, 0.2) is 0 Å². The van der Waals surface area contributed by atoms with Gasteiger partial charge in [0.2, 0.25) is 0 Å².